The van der Waals surface area contributed by atoms with Crippen LogP contribution in [0.2, 0.25) is 0 Å². The van der Waals surface area contributed by atoms with Gasteiger partial charge >= 0.3 is 56.6 Å². The van der Waals surface area contributed by atoms with Gasteiger partial charge in [0.1, 0.15) is 0 Å². The number of rotatable bonds is 0. The van der Waals surface area contributed by atoms with Crippen LogP contribution in [0, 0.1) is 0 Å². The van der Waals surface area contributed by atoms with Crippen molar-refractivity contribution in [3.8, 4) is 0 Å². The van der Waals surface area contributed by atoms with Crippen LogP contribution >= 0.6 is 0 Å². The zero-order valence-electron chi connectivity index (χ0n) is 3.22. The summed E-state index contributed by atoms with van der Waals surface area (Å²) in [6, 6.07) is 4.38. The van der Waals surface area contributed by atoms with Gasteiger partial charge in [-0.3, -0.25) is 0 Å². The van der Waals surface area contributed by atoms with E-state index < -0.39 is 0 Å². The SMILES string of the molecule is [SnH][c]1ccc[se]1. The Hall–Kier alpha value is 0.798. The van der Waals surface area contributed by atoms with E-state index in [9.17, 15) is 0 Å². The summed E-state index contributed by atoms with van der Waals surface area (Å²) in [5, 5.41) is 0. The fourth-order valence-electron chi connectivity index (χ4n) is 0.291. The van der Waals surface area contributed by atoms with Crippen LogP contribution in [0.25, 0.3) is 0 Å². The van der Waals surface area contributed by atoms with Crippen LogP contribution in [0.5, 0.6) is 0 Å². The molecule has 0 saturated heterocycles. The molecule has 0 bridgehead atoms. The molecule has 0 fully saturated rings. The van der Waals surface area contributed by atoms with Crippen molar-refractivity contribution in [2.75, 3.05) is 0 Å². The Balaban J connectivity index is 3.05. The molecule has 2 heteroatoms. The standard InChI is InChI=1S/C4H3Se.Sn.H/c1-2-4-5-3-1;;/h1-3H;;. The first-order chi connectivity index (χ1) is 2.89. The van der Waals surface area contributed by atoms with Crippen molar-refractivity contribution in [2.45, 2.75) is 0 Å². The topological polar surface area (TPSA) is 0 Å². The van der Waals surface area contributed by atoms with Gasteiger partial charge in [-0.15, -0.1) is 0 Å². The third-order valence-corrected chi connectivity index (χ3v) is 4.58. The Kier molecular flexibility index (Phi) is 1.81. The van der Waals surface area contributed by atoms with Crippen molar-refractivity contribution in [2.24, 2.45) is 0 Å². The van der Waals surface area contributed by atoms with Gasteiger partial charge in [0.25, 0.3) is 0 Å². The van der Waals surface area contributed by atoms with E-state index in [0.717, 1.165) is 14.5 Å². The maximum absolute atomic E-state index is 2.26. The zero-order valence-corrected chi connectivity index (χ0v) is 8.23. The van der Waals surface area contributed by atoms with E-state index in [4.69, 9.17) is 0 Å². The Morgan fingerprint density at radius 2 is 2.50 bits per heavy atom. The molecule has 0 amide bonds. The van der Waals surface area contributed by atoms with Crippen molar-refractivity contribution >= 4 is 39.5 Å². The van der Waals surface area contributed by atoms with Crippen LogP contribution in [-0.2, 0) is 0 Å². The van der Waals surface area contributed by atoms with Crippen LogP contribution in [-0.4, -0.2) is 37.0 Å². The van der Waals surface area contributed by atoms with E-state index in [1.807, 2.05) is 0 Å². The summed E-state index contributed by atoms with van der Waals surface area (Å²) >= 11 is 2.10. The fraction of sp³-hybridized carbons (Fsp3) is 0. The minimum absolute atomic E-state index is 0.766. The van der Waals surface area contributed by atoms with Gasteiger partial charge < -0.3 is 0 Å². The molecule has 30 valence electrons. The monoisotopic (exact) mass is 252 g/mol. The molecule has 0 N–H and O–H groups in total. The molecule has 6 heavy (non-hydrogen) atoms. The zero-order chi connectivity index (χ0) is 4.41. The second-order valence-electron chi connectivity index (χ2n) is 1.02. The van der Waals surface area contributed by atoms with Crippen LogP contribution in [0.1, 0.15) is 0 Å². The van der Waals surface area contributed by atoms with Crippen LogP contribution < -0.4 is 2.45 Å². The summed E-state index contributed by atoms with van der Waals surface area (Å²) in [7, 11) is 0. The first-order valence-corrected chi connectivity index (χ1v) is 5.18. The Morgan fingerprint density at radius 1 is 1.67 bits per heavy atom. The molecule has 2 radical (unpaired) electrons. The molecule has 1 aromatic rings. The summed E-state index contributed by atoms with van der Waals surface area (Å²) < 4.78 is 1.66. The molecular formula is C4H4SeSn. The van der Waals surface area contributed by atoms with Gasteiger partial charge in [-0.25, -0.2) is 0 Å². The van der Waals surface area contributed by atoms with E-state index in [1.165, 1.54) is 22.5 Å². The van der Waals surface area contributed by atoms with Gasteiger partial charge in [-0.2, -0.15) is 0 Å². The molecule has 0 aliphatic rings. The maximum atomic E-state index is 2.26. The van der Waals surface area contributed by atoms with Crippen molar-refractivity contribution in [1.82, 2.24) is 0 Å². The third-order valence-electron chi connectivity index (χ3n) is 0.543. The molecule has 0 aromatic carbocycles. The molecule has 1 rings (SSSR count). The van der Waals surface area contributed by atoms with Crippen molar-refractivity contribution in [3.05, 3.63) is 17.1 Å². The van der Waals surface area contributed by atoms with E-state index in [1.54, 1.807) is 2.45 Å². The minimum atomic E-state index is 0.766. The molecule has 0 saturated carbocycles. The average Bonchev–Trinajstić information content (AvgIpc) is 1.86. The summed E-state index contributed by atoms with van der Waals surface area (Å²) in [5.41, 5.74) is 0. The summed E-state index contributed by atoms with van der Waals surface area (Å²) in [4.78, 5) is 2.26. The molecule has 0 unspecified atom stereocenters. The Labute approximate surface area is 56.4 Å². The van der Waals surface area contributed by atoms with Gasteiger partial charge in [0, 0.05) is 0 Å². The molecule has 0 nitrogen and oxygen atoms in total. The van der Waals surface area contributed by atoms with Gasteiger partial charge in [-0.1, -0.05) is 0 Å². The molecule has 0 spiro atoms. The van der Waals surface area contributed by atoms with Crippen LogP contribution in [0.4, 0.5) is 0 Å². The van der Waals surface area contributed by atoms with Gasteiger partial charge in [0.15, 0.2) is 0 Å². The molecular weight excluding hydrogens is 246 g/mol. The summed E-state index contributed by atoms with van der Waals surface area (Å²) in [5.74, 6) is 0. The van der Waals surface area contributed by atoms with Crippen molar-refractivity contribution < 1.29 is 0 Å². The number of hydrogen-bond donors (Lipinski definition) is 0. The number of hydrogen-bond acceptors (Lipinski definition) is 0. The van der Waals surface area contributed by atoms with Crippen LogP contribution in [0.3, 0.4) is 0 Å². The summed E-state index contributed by atoms with van der Waals surface area (Å²) in [6.07, 6.45) is 0. The second kappa shape index (κ2) is 2.20. The second-order valence-corrected chi connectivity index (χ2v) is 7.52. The first-order valence-electron chi connectivity index (χ1n) is 1.68. The fourth-order valence-corrected chi connectivity index (χ4v) is 2.76. The quantitative estimate of drug-likeness (QED) is 0.532. The summed E-state index contributed by atoms with van der Waals surface area (Å²) in [6.45, 7) is 0. The third kappa shape index (κ3) is 1.14. The van der Waals surface area contributed by atoms with Crippen molar-refractivity contribution in [1.29, 1.82) is 0 Å². The average molecular weight is 250 g/mol. The molecule has 1 heterocycles. The predicted octanol–water partition coefficient (Wildman–Crippen LogP) is -0.730. The van der Waals surface area contributed by atoms with E-state index in [0.29, 0.717) is 0 Å². The van der Waals surface area contributed by atoms with Gasteiger partial charge in [0.05, 0.1) is 0 Å². The normalized spacial score (nSPS) is 8.83. The van der Waals surface area contributed by atoms with E-state index in [2.05, 4.69) is 17.1 Å². The molecule has 1 aromatic heterocycles. The molecule has 0 atom stereocenters. The van der Waals surface area contributed by atoms with Gasteiger partial charge in [-0.05, 0) is 0 Å². The van der Waals surface area contributed by atoms with Crippen LogP contribution in [0.15, 0.2) is 17.1 Å². The predicted molar refractivity (Wildman–Crippen MR) is 30.2 cm³/mol. The van der Waals surface area contributed by atoms with E-state index in [-0.39, 0.29) is 0 Å². The molecule has 0 aliphatic heterocycles. The van der Waals surface area contributed by atoms with Crippen molar-refractivity contribution in [3.63, 3.8) is 0 Å². The molecule has 0 aliphatic carbocycles. The first kappa shape index (κ1) is 4.95. The Bertz CT molecular complexity index is 111. The van der Waals surface area contributed by atoms with Gasteiger partial charge in [0.2, 0.25) is 0 Å². The van der Waals surface area contributed by atoms with E-state index >= 15 is 0 Å². The Morgan fingerprint density at radius 3 is 2.67 bits per heavy atom.